The van der Waals surface area contributed by atoms with Crippen LogP contribution in [0.5, 0.6) is 5.75 Å². The van der Waals surface area contributed by atoms with Crippen LogP contribution in [0.3, 0.4) is 0 Å². The van der Waals surface area contributed by atoms with Gasteiger partial charge in [-0.2, -0.15) is 0 Å². The summed E-state index contributed by atoms with van der Waals surface area (Å²) in [6.45, 7) is 0.891. The first-order valence-corrected chi connectivity index (χ1v) is 11.1. The Labute approximate surface area is 196 Å². The van der Waals surface area contributed by atoms with Gasteiger partial charge in [0.1, 0.15) is 11.6 Å². The minimum Gasteiger partial charge on any atom is -0.491 e. The van der Waals surface area contributed by atoms with Gasteiger partial charge in [0, 0.05) is 40.3 Å². The van der Waals surface area contributed by atoms with Crippen LogP contribution in [-0.4, -0.2) is 19.6 Å². The molecule has 1 aliphatic carbocycles. The van der Waals surface area contributed by atoms with Crippen LogP contribution in [0.2, 0.25) is 10.0 Å². The Balaban J connectivity index is 1.70. The van der Waals surface area contributed by atoms with Crippen LogP contribution in [0.1, 0.15) is 28.8 Å². The number of carbonyl (C=O) groups is 1. The summed E-state index contributed by atoms with van der Waals surface area (Å²) in [6.07, 6.45) is 2.31. The van der Waals surface area contributed by atoms with Crippen molar-refractivity contribution in [1.82, 2.24) is 0 Å². The average Bonchev–Trinajstić information content (AvgIpc) is 3.59. The Morgan fingerprint density at radius 3 is 2.59 bits per heavy atom. The van der Waals surface area contributed by atoms with Crippen molar-refractivity contribution in [2.45, 2.75) is 19.4 Å². The third kappa shape index (κ3) is 5.00. The Hall–Kier alpha value is -2.76. The number of anilines is 1. The molecule has 1 amide bonds. The highest BCUT2D eigenvalue weighted by molar-refractivity contribution is 6.33. The molecule has 0 unspecified atom stereocenters. The van der Waals surface area contributed by atoms with Gasteiger partial charge in [-0.25, -0.2) is 4.39 Å². The lowest BCUT2D eigenvalue weighted by atomic mass is 10.0. The van der Waals surface area contributed by atoms with Gasteiger partial charge in [-0.1, -0.05) is 35.3 Å². The normalized spacial score (nSPS) is 13.1. The smallest absolute Gasteiger partial charge is 0.248 e. The Bertz CT molecular complexity index is 1140. The number of hydrogen-bond acceptors (Lipinski definition) is 3. The van der Waals surface area contributed by atoms with E-state index in [4.69, 9.17) is 33.7 Å². The van der Waals surface area contributed by atoms with Crippen molar-refractivity contribution in [3.05, 3.63) is 81.6 Å². The SMILES string of the molecule is CN(Cc1c(F)cccc1Cl)c1ccc(-c2cc(C(N)=O)ccc2Cl)cc1OCC1CC1. The highest BCUT2D eigenvalue weighted by Crippen LogP contribution is 2.38. The summed E-state index contributed by atoms with van der Waals surface area (Å²) in [5.41, 5.74) is 8.52. The molecule has 0 spiro atoms. The second kappa shape index (κ2) is 9.39. The van der Waals surface area contributed by atoms with Gasteiger partial charge in [0.15, 0.2) is 0 Å². The molecule has 0 atom stereocenters. The number of rotatable bonds is 8. The van der Waals surface area contributed by atoms with E-state index < -0.39 is 5.91 Å². The topological polar surface area (TPSA) is 55.6 Å². The zero-order chi connectivity index (χ0) is 22.8. The molecule has 32 heavy (non-hydrogen) atoms. The molecule has 0 aliphatic heterocycles. The van der Waals surface area contributed by atoms with Gasteiger partial charge < -0.3 is 15.4 Å². The molecule has 1 saturated carbocycles. The maximum absolute atomic E-state index is 14.3. The van der Waals surface area contributed by atoms with Crippen molar-refractivity contribution in [3.63, 3.8) is 0 Å². The first kappa shape index (κ1) is 22.4. The summed E-state index contributed by atoms with van der Waals surface area (Å²) < 4.78 is 20.5. The molecule has 1 aliphatic rings. The highest BCUT2D eigenvalue weighted by Gasteiger charge is 2.23. The second-order valence-electron chi connectivity index (χ2n) is 8.05. The van der Waals surface area contributed by atoms with Crippen LogP contribution in [0.15, 0.2) is 54.6 Å². The molecule has 0 radical (unpaired) electrons. The highest BCUT2D eigenvalue weighted by atomic mass is 35.5. The molecule has 0 saturated heterocycles. The van der Waals surface area contributed by atoms with Crippen molar-refractivity contribution in [2.75, 3.05) is 18.6 Å². The van der Waals surface area contributed by atoms with Crippen LogP contribution in [0.25, 0.3) is 11.1 Å². The first-order valence-electron chi connectivity index (χ1n) is 10.3. The summed E-state index contributed by atoms with van der Waals surface area (Å²) in [6, 6.07) is 15.3. The van der Waals surface area contributed by atoms with Gasteiger partial charge in [-0.15, -0.1) is 0 Å². The molecule has 2 N–H and O–H groups in total. The fraction of sp³-hybridized carbons (Fsp3) is 0.240. The standard InChI is InChI=1S/C25H23Cl2FN2O2/c1-30(13-19-20(26)3-2-4-22(19)28)23-10-8-16(12-24(23)32-14-15-5-6-15)18-11-17(25(29)31)7-9-21(18)27/h2-4,7-12,15H,5-6,13-14H2,1H3,(H2,29,31). The molecule has 0 aromatic heterocycles. The molecular formula is C25H23Cl2FN2O2. The molecular weight excluding hydrogens is 450 g/mol. The zero-order valence-corrected chi connectivity index (χ0v) is 19.1. The molecule has 7 heteroatoms. The maximum Gasteiger partial charge on any atom is 0.248 e. The van der Waals surface area contributed by atoms with E-state index >= 15 is 0 Å². The first-order chi connectivity index (χ1) is 15.3. The maximum atomic E-state index is 14.3. The minimum atomic E-state index is -0.522. The summed E-state index contributed by atoms with van der Waals surface area (Å²) in [4.78, 5) is 13.5. The Morgan fingerprint density at radius 2 is 1.91 bits per heavy atom. The van der Waals surface area contributed by atoms with Crippen molar-refractivity contribution in [1.29, 1.82) is 0 Å². The number of carbonyl (C=O) groups excluding carboxylic acids is 1. The van der Waals surface area contributed by atoms with E-state index in [-0.39, 0.29) is 12.4 Å². The lowest BCUT2D eigenvalue weighted by Crippen LogP contribution is -2.19. The molecule has 3 aromatic carbocycles. The third-order valence-electron chi connectivity index (χ3n) is 5.56. The Morgan fingerprint density at radius 1 is 1.12 bits per heavy atom. The van der Waals surface area contributed by atoms with E-state index in [1.54, 1.807) is 30.3 Å². The molecule has 0 bridgehead atoms. The summed E-state index contributed by atoms with van der Waals surface area (Å²) in [5.74, 6) is 0.340. The number of benzene rings is 3. The molecule has 4 nitrogen and oxygen atoms in total. The fourth-order valence-electron chi connectivity index (χ4n) is 3.51. The van der Waals surface area contributed by atoms with Crippen LogP contribution in [0.4, 0.5) is 10.1 Å². The predicted octanol–water partition coefficient (Wildman–Crippen LogP) is 6.32. The molecule has 3 aromatic rings. The lowest BCUT2D eigenvalue weighted by molar-refractivity contribution is 0.100. The molecule has 166 valence electrons. The zero-order valence-electron chi connectivity index (χ0n) is 17.6. The van der Waals surface area contributed by atoms with Crippen LogP contribution in [-0.2, 0) is 6.54 Å². The number of halogens is 3. The van der Waals surface area contributed by atoms with E-state index in [1.807, 2.05) is 30.1 Å². The largest absolute Gasteiger partial charge is 0.491 e. The Kier molecular flexibility index (Phi) is 6.58. The number of nitrogens with two attached hydrogens (primary N) is 1. The number of amides is 1. The van der Waals surface area contributed by atoms with E-state index in [2.05, 4.69) is 0 Å². The van der Waals surface area contributed by atoms with Crippen molar-refractivity contribution >= 4 is 34.8 Å². The van der Waals surface area contributed by atoms with Gasteiger partial charge in [0.05, 0.1) is 12.3 Å². The second-order valence-corrected chi connectivity index (χ2v) is 8.87. The summed E-state index contributed by atoms with van der Waals surface area (Å²) >= 11 is 12.6. The number of hydrogen-bond donors (Lipinski definition) is 1. The van der Waals surface area contributed by atoms with E-state index in [0.29, 0.717) is 45.0 Å². The van der Waals surface area contributed by atoms with Crippen molar-refractivity contribution in [2.24, 2.45) is 11.7 Å². The van der Waals surface area contributed by atoms with Crippen molar-refractivity contribution in [3.8, 4) is 16.9 Å². The average molecular weight is 473 g/mol. The van der Waals surface area contributed by atoms with Gasteiger partial charge >= 0.3 is 0 Å². The molecule has 1 fully saturated rings. The van der Waals surface area contributed by atoms with Crippen LogP contribution < -0.4 is 15.4 Å². The minimum absolute atomic E-state index is 0.280. The monoisotopic (exact) mass is 472 g/mol. The number of nitrogens with zero attached hydrogens (tertiary/aromatic N) is 1. The lowest BCUT2D eigenvalue weighted by Gasteiger charge is -2.24. The van der Waals surface area contributed by atoms with Crippen LogP contribution in [0, 0.1) is 11.7 Å². The van der Waals surface area contributed by atoms with Gasteiger partial charge in [-0.05, 0) is 66.8 Å². The predicted molar refractivity (Wildman–Crippen MR) is 127 cm³/mol. The number of primary amides is 1. The van der Waals surface area contributed by atoms with E-state index in [9.17, 15) is 9.18 Å². The van der Waals surface area contributed by atoms with Crippen molar-refractivity contribution < 1.29 is 13.9 Å². The van der Waals surface area contributed by atoms with Crippen LogP contribution >= 0.6 is 23.2 Å². The summed E-state index contributed by atoms with van der Waals surface area (Å²) in [5, 5.41) is 0.881. The fourth-order valence-corrected chi connectivity index (χ4v) is 3.96. The third-order valence-corrected chi connectivity index (χ3v) is 6.25. The molecule has 4 rings (SSSR count). The molecule has 0 heterocycles. The van der Waals surface area contributed by atoms with E-state index in [0.717, 1.165) is 24.1 Å². The van der Waals surface area contributed by atoms with E-state index in [1.165, 1.54) is 6.07 Å². The van der Waals surface area contributed by atoms with Gasteiger partial charge in [0.25, 0.3) is 0 Å². The van der Waals surface area contributed by atoms with Gasteiger partial charge in [-0.3, -0.25) is 4.79 Å². The summed E-state index contributed by atoms with van der Waals surface area (Å²) in [7, 11) is 1.86. The quantitative estimate of drug-likeness (QED) is 0.416. The number of ether oxygens (including phenoxy) is 1. The van der Waals surface area contributed by atoms with Gasteiger partial charge in [0.2, 0.25) is 5.91 Å².